The number of aldehydes is 1. The van der Waals surface area contributed by atoms with Gasteiger partial charge in [0.15, 0.2) is 6.29 Å². The Bertz CT molecular complexity index is 399. The fourth-order valence-corrected chi connectivity index (χ4v) is 3.03. The summed E-state index contributed by atoms with van der Waals surface area (Å²) in [5.74, 6) is 0.746. The maximum Gasteiger partial charge on any atom is 0.152 e. The molecule has 1 aromatic carbocycles. The summed E-state index contributed by atoms with van der Waals surface area (Å²) in [6, 6.07) is 5.48. The Labute approximate surface area is 108 Å². The average Bonchev–Trinajstić information content (AvgIpc) is 2.81. The van der Waals surface area contributed by atoms with Crippen LogP contribution in [-0.4, -0.2) is 19.9 Å². The van der Waals surface area contributed by atoms with Crippen molar-refractivity contribution in [2.45, 2.75) is 25.7 Å². The zero-order valence-electron chi connectivity index (χ0n) is 10.2. The van der Waals surface area contributed by atoms with Gasteiger partial charge in [-0.2, -0.15) is 0 Å². The van der Waals surface area contributed by atoms with Gasteiger partial charge in [0, 0.05) is 19.2 Å². The number of carbonyl (C=O) groups excluding carboxylic acids is 1. The highest BCUT2D eigenvalue weighted by atomic mass is 35.5. The van der Waals surface area contributed by atoms with Crippen LogP contribution in [0.1, 0.15) is 36.0 Å². The molecule has 1 aliphatic carbocycles. The van der Waals surface area contributed by atoms with E-state index in [4.69, 9.17) is 11.6 Å². The van der Waals surface area contributed by atoms with Crippen LogP contribution in [0.4, 0.5) is 5.69 Å². The highest BCUT2D eigenvalue weighted by Gasteiger charge is 2.19. The molecule has 0 bridgehead atoms. The van der Waals surface area contributed by atoms with Crippen LogP contribution in [0.2, 0.25) is 5.02 Å². The molecule has 0 unspecified atom stereocenters. The second kappa shape index (κ2) is 5.54. The molecule has 3 heteroatoms. The fraction of sp³-hybridized carbons (Fsp3) is 0.500. The molecule has 0 spiro atoms. The number of benzene rings is 1. The number of anilines is 1. The number of rotatable bonds is 4. The molecule has 1 saturated carbocycles. The van der Waals surface area contributed by atoms with Crippen molar-refractivity contribution in [3.63, 3.8) is 0 Å². The molecule has 0 N–H and O–H groups in total. The summed E-state index contributed by atoms with van der Waals surface area (Å²) in [5.41, 5.74) is 1.55. The van der Waals surface area contributed by atoms with E-state index >= 15 is 0 Å². The van der Waals surface area contributed by atoms with Crippen molar-refractivity contribution >= 4 is 23.6 Å². The number of carbonyl (C=O) groups is 1. The van der Waals surface area contributed by atoms with E-state index in [1.54, 1.807) is 0 Å². The van der Waals surface area contributed by atoms with Gasteiger partial charge in [-0.25, -0.2) is 0 Å². The van der Waals surface area contributed by atoms with Crippen LogP contribution >= 0.6 is 11.6 Å². The van der Waals surface area contributed by atoms with Gasteiger partial charge in [-0.15, -0.1) is 0 Å². The molecular formula is C14H18ClNO. The van der Waals surface area contributed by atoms with Gasteiger partial charge >= 0.3 is 0 Å². The highest BCUT2D eigenvalue weighted by molar-refractivity contribution is 6.33. The monoisotopic (exact) mass is 251 g/mol. The van der Waals surface area contributed by atoms with E-state index < -0.39 is 0 Å². The van der Waals surface area contributed by atoms with E-state index in [0.29, 0.717) is 10.6 Å². The predicted octanol–water partition coefficient (Wildman–Crippen LogP) is 3.78. The second-order valence-corrected chi connectivity index (χ2v) is 5.23. The van der Waals surface area contributed by atoms with Crippen molar-refractivity contribution in [3.05, 3.63) is 28.8 Å². The minimum atomic E-state index is 0.662. The minimum Gasteiger partial charge on any atom is -0.373 e. The molecule has 1 fully saturated rings. The molecule has 0 atom stereocenters. The number of hydrogen-bond acceptors (Lipinski definition) is 2. The molecule has 2 nitrogen and oxygen atoms in total. The standard InChI is InChI=1S/C14H18ClNO/c1-16(9-11-5-2-3-6-11)14-12(10-17)7-4-8-13(14)15/h4,7-8,10-11H,2-3,5-6,9H2,1H3. The van der Waals surface area contributed by atoms with Crippen molar-refractivity contribution in [1.82, 2.24) is 0 Å². The zero-order valence-corrected chi connectivity index (χ0v) is 10.9. The SMILES string of the molecule is CN(CC1CCCC1)c1c(Cl)cccc1C=O. The molecular weight excluding hydrogens is 234 g/mol. The van der Waals surface area contributed by atoms with E-state index in [0.717, 1.165) is 24.4 Å². The van der Waals surface area contributed by atoms with Gasteiger partial charge in [0.05, 0.1) is 10.7 Å². The molecule has 0 amide bonds. The van der Waals surface area contributed by atoms with Crippen molar-refractivity contribution in [2.24, 2.45) is 5.92 Å². The first kappa shape index (κ1) is 12.4. The first-order chi connectivity index (χ1) is 8.22. The minimum absolute atomic E-state index is 0.662. The maximum atomic E-state index is 11.0. The summed E-state index contributed by atoms with van der Waals surface area (Å²) in [6.07, 6.45) is 6.14. The summed E-state index contributed by atoms with van der Waals surface area (Å²) in [4.78, 5) is 13.2. The lowest BCUT2D eigenvalue weighted by molar-refractivity contribution is 0.112. The van der Waals surface area contributed by atoms with Crippen molar-refractivity contribution in [3.8, 4) is 0 Å². The molecule has 17 heavy (non-hydrogen) atoms. The third-order valence-corrected chi connectivity index (χ3v) is 3.84. The molecule has 2 rings (SSSR count). The van der Waals surface area contributed by atoms with Crippen LogP contribution in [-0.2, 0) is 0 Å². The highest BCUT2D eigenvalue weighted by Crippen LogP contribution is 2.31. The van der Waals surface area contributed by atoms with Crippen LogP contribution in [0.5, 0.6) is 0 Å². The van der Waals surface area contributed by atoms with Gasteiger partial charge in [0.2, 0.25) is 0 Å². The normalized spacial score (nSPS) is 16.1. The molecule has 0 heterocycles. The fourth-order valence-electron chi connectivity index (χ4n) is 2.70. The van der Waals surface area contributed by atoms with Gasteiger partial charge in [-0.1, -0.05) is 30.5 Å². The molecule has 0 saturated heterocycles. The van der Waals surface area contributed by atoms with E-state index in [2.05, 4.69) is 4.90 Å². The summed E-state index contributed by atoms with van der Waals surface area (Å²) in [7, 11) is 2.02. The maximum absolute atomic E-state index is 11.0. The Morgan fingerprint density at radius 3 is 2.76 bits per heavy atom. The van der Waals surface area contributed by atoms with Crippen LogP contribution in [0.3, 0.4) is 0 Å². The van der Waals surface area contributed by atoms with Crippen molar-refractivity contribution in [1.29, 1.82) is 0 Å². The molecule has 92 valence electrons. The van der Waals surface area contributed by atoms with Gasteiger partial charge in [0.25, 0.3) is 0 Å². The first-order valence-electron chi connectivity index (χ1n) is 6.17. The number of nitrogens with zero attached hydrogens (tertiary/aromatic N) is 1. The number of hydrogen-bond donors (Lipinski definition) is 0. The largest absolute Gasteiger partial charge is 0.373 e. The Hall–Kier alpha value is -1.02. The van der Waals surface area contributed by atoms with E-state index in [-0.39, 0.29) is 0 Å². The first-order valence-corrected chi connectivity index (χ1v) is 6.55. The van der Waals surface area contributed by atoms with Gasteiger partial charge in [-0.05, 0) is 30.9 Å². The van der Waals surface area contributed by atoms with Crippen molar-refractivity contribution < 1.29 is 4.79 Å². The lowest BCUT2D eigenvalue weighted by Crippen LogP contribution is -2.25. The van der Waals surface area contributed by atoms with Gasteiger partial charge in [-0.3, -0.25) is 4.79 Å². The van der Waals surface area contributed by atoms with Gasteiger partial charge < -0.3 is 4.90 Å². The van der Waals surface area contributed by atoms with Crippen LogP contribution in [0, 0.1) is 5.92 Å². The van der Waals surface area contributed by atoms with E-state index in [1.807, 2.05) is 25.2 Å². The molecule has 0 aliphatic heterocycles. The van der Waals surface area contributed by atoms with Crippen LogP contribution in [0.25, 0.3) is 0 Å². The lowest BCUT2D eigenvalue weighted by atomic mass is 10.1. The molecule has 1 aromatic rings. The third kappa shape index (κ3) is 2.81. The summed E-state index contributed by atoms with van der Waals surface area (Å²) >= 11 is 6.19. The molecule has 0 radical (unpaired) electrons. The van der Waals surface area contributed by atoms with E-state index in [1.165, 1.54) is 25.7 Å². The Balaban J connectivity index is 2.17. The summed E-state index contributed by atoms with van der Waals surface area (Å²) in [6.45, 7) is 0.991. The lowest BCUT2D eigenvalue weighted by Gasteiger charge is -2.25. The Morgan fingerprint density at radius 2 is 2.12 bits per heavy atom. The Kier molecular flexibility index (Phi) is 4.06. The molecule has 1 aliphatic rings. The van der Waals surface area contributed by atoms with Crippen LogP contribution < -0.4 is 4.90 Å². The topological polar surface area (TPSA) is 20.3 Å². The van der Waals surface area contributed by atoms with Gasteiger partial charge in [0.1, 0.15) is 0 Å². The van der Waals surface area contributed by atoms with Crippen molar-refractivity contribution in [2.75, 3.05) is 18.5 Å². The molecule has 0 aromatic heterocycles. The average molecular weight is 252 g/mol. The number of halogens is 1. The summed E-state index contributed by atoms with van der Waals surface area (Å²) < 4.78 is 0. The zero-order chi connectivity index (χ0) is 12.3. The third-order valence-electron chi connectivity index (χ3n) is 3.53. The Morgan fingerprint density at radius 1 is 1.41 bits per heavy atom. The van der Waals surface area contributed by atoms with Crippen LogP contribution in [0.15, 0.2) is 18.2 Å². The quantitative estimate of drug-likeness (QED) is 0.759. The predicted molar refractivity (Wildman–Crippen MR) is 72.1 cm³/mol. The smallest absolute Gasteiger partial charge is 0.152 e. The number of para-hydroxylation sites is 1. The summed E-state index contributed by atoms with van der Waals surface area (Å²) in [5, 5.41) is 0.662. The van der Waals surface area contributed by atoms with E-state index in [9.17, 15) is 4.79 Å². The second-order valence-electron chi connectivity index (χ2n) is 4.83.